The first-order valence-electron chi connectivity index (χ1n) is 11.2. The van der Waals surface area contributed by atoms with Gasteiger partial charge in [0.05, 0.1) is 21.0 Å². The normalized spacial score (nSPS) is 11.1. The van der Waals surface area contributed by atoms with Gasteiger partial charge in [-0.1, -0.05) is 41.0 Å². The van der Waals surface area contributed by atoms with Crippen LogP contribution in [-0.2, 0) is 18.4 Å². The molecule has 5 aromatic rings. The Balaban J connectivity index is 1.15. The van der Waals surface area contributed by atoms with Gasteiger partial charge in [0.15, 0.2) is 11.0 Å². The quantitative estimate of drug-likeness (QED) is 0.202. The van der Waals surface area contributed by atoms with Crippen molar-refractivity contribution >= 4 is 68.1 Å². The Labute approximate surface area is 231 Å². The number of hydrogen-bond acceptors (Lipinski definition) is 7. The van der Waals surface area contributed by atoms with E-state index in [-0.39, 0.29) is 18.3 Å². The molecule has 0 atom stereocenters. The third kappa shape index (κ3) is 6.07. The molecule has 0 bridgehead atoms. The number of hydrogen-bond donors (Lipinski definition) is 1. The van der Waals surface area contributed by atoms with Crippen molar-refractivity contribution in [3.05, 3.63) is 82.1 Å². The molecule has 5 rings (SSSR count). The molecular formula is C26H21Cl2N5O2S2. The molecule has 1 N–H and O–H groups in total. The van der Waals surface area contributed by atoms with Crippen molar-refractivity contribution in [3.8, 4) is 16.3 Å². The summed E-state index contributed by atoms with van der Waals surface area (Å²) in [6.07, 6.45) is 0. The number of amides is 1. The smallest absolute Gasteiger partial charge is 0.234 e. The molecule has 1 amide bonds. The van der Waals surface area contributed by atoms with Crippen molar-refractivity contribution in [1.82, 2.24) is 19.7 Å². The van der Waals surface area contributed by atoms with E-state index in [9.17, 15) is 4.79 Å². The predicted molar refractivity (Wildman–Crippen MR) is 151 cm³/mol. The lowest BCUT2D eigenvalue weighted by molar-refractivity contribution is -0.113. The fourth-order valence-corrected chi connectivity index (χ4v) is 5.64. The van der Waals surface area contributed by atoms with Crippen LogP contribution in [0.5, 0.6) is 5.75 Å². The number of rotatable bonds is 8. The van der Waals surface area contributed by atoms with Gasteiger partial charge in [0.25, 0.3) is 0 Å². The monoisotopic (exact) mass is 569 g/mol. The molecule has 188 valence electrons. The Morgan fingerprint density at radius 1 is 1.08 bits per heavy atom. The van der Waals surface area contributed by atoms with Gasteiger partial charge in [-0.2, -0.15) is 0 Å². The average molecular weight is 571 g/mol. The zero-order valence-corrected chi connectivity index (χ0v) is 23.0. The van der Waals surface area contributed by atoms with Crippen LogP contribution in [0.4, 0.5) is 5.69 Å². The van der Waals surface area contributed by atoms with E-state index in [2.05, 4.69) is 34.6 Å². The lowest BCUT2D eigenvalue weighted by Crippen LogP contribution is -2.14. The molecule has 0 saturated heterocycles. The number of halogens is 2. The first-order chi connectivity index (χ1) is 17.9. The number of carbonyl (C=O) groups is 1. The summed E-state index contributed by atoms with van der Waals surface area (Å²) in [5.74, 6) is 1.11. The molecule has 7 nitrogen and oxygen atoms in total. The minimum Gasteiger partial charge on any atom is -0.484 e. The van der Waals surface area contributed by atoms with E-state index in [1.165, 1.54) is 17.3 Å². The fourth-order valence-electron chi connectivity index (χ4n) is 3.51. The standard InChI is InChI=1S/C26H21Cl2N5O2S2/c1-15-3-10-20-22(11-15)37-25(30-20)16-4-7-18(8-5-16)29-24(34)14-36-26-32-31-23(33(26)2)13-35-21-12-17(27)6-9-19(21)28/h3-12H,13-14H2,1-2H3,(H,29,34). The SMILES string of the molecule is Cc1ccc2nc(-c3ccc(NC(=O)CSc4nnc(COc5cc(Cl)ccc5Cl)n4C)cc3)sc2c1. The van der Waals surface area contributed by atoms with Crippen LogP contribution in [0.3, 0.4) is 0 Å². The van der Waals surface area contributed by atoms with Crippen molar-refractivity contribution in [2.75, 3.05) is 11.1 Å². The van der Waals surface area contributed by atoms with Crippen LogP contribution >= 0.6 is 46.3 Å². The zero-order valence-electron chi connectivity index (χ0n) is 19.9. The van der Waals surface area contributed by atoms with E-state index < -0.39 is 0 Å². The van der Waals surface area contributed by atoms with E-state index >= 15 is 0 Å². The van der Waals surface area contributed by atoms with E-state index in [1.807, 2.05) is 37.4 Å². The number of anilines is 1. The first kappa shape index (κ1) is 25.5. The van der Waals surface area contributed by atoms with Gasteiger partial charge >= 0.3 is 0 Å². The molecule has 2 heterocycles. The number of fused-ring (bicyclic) bond motifs is 1. The van der Waals surface area contributed by atoms with Crippen molar-refractivity contribution in [2.45, 2.75) is 18.7 Å². The Bertz CT molecular complexity index is 1580. The van der Waals surface area contributed by atoms with E-state index in [0.717, 1.165) is 26.5 Å². The fraction of sp³-hybridized carbons (Fsp3) is 0.154. The maximum atomic E-state index is 12.5. The number of benzene rings is 3. The minimum atomic E-state index is -0.139. The predicted octanol–water partition coefficient (Wildman–Crippen LogP) is 7.02. The van der Waals surface area contributed by atoms with Gasteiger partial charge in [0.1, 0.15) is 17.4 Å². The largest absolute Gasteiger partial charge is 0.484 e. The molecule has 11 heteroatoms. The van der Waals surface area contributed by atoms with Gasteiger partial charge in [-0.25, -0.2) is 4.98 Å². The molecule has 0 fully saturated rings. The van der Waals surface area contributed by atoms with E-state index in [1.54, 1.807) is 34.1 Å². The zero-order chi connectivity index (χ0) is 25.9. The number of nitrogens with zero attached hydrogens (tertiary/aromatic N) is 4. The average Bonchev–Trinajstić information content (AvgIpc) is 3.46. The Morgan fingerprint density at radius 2 is 1.89 bits per heavy atom. The van der Waals surface area contributed by atoms with Gasteiger partial charge in [-0.3, -0.25) is 4.79 Å². The number of aromatic nitrogens is 4. The number of ether oxygens (including phenoxy) is 1. The van der Waals surface area contributed by atoms with E-state index in [4.69, 9.17) is 32.9 Å². The third-order valence-corrected chi connectivity index (χ3v) is 8.10. The van der Waals surface area contributed by atoms with Gasteiger partial charge < -0.3 is 14.6 Å². The van der Waals surface area contributed by atoms with E-state index in [0.29, 0.717) is 26.8 Å². The van der Waals surface area contributed by atoms with Gasteiger partial charge in [-0.05, 0) is 61.0 Å². The molecule has 0 radical (unpaired) electrons. The van der Waals surface area contributed by atoms with Crippen LogP contribution < -0.4 is 10.1 Å². The van der Waals surface area contributed by atoms with Crippen LogP contribution in [0.2, 0.25) is 10.0 Å². The second-order valence-corrected chi connectivity index (χ2v) is 11.0. The molecule has 0 spiro atoms. The second kappa shape index (κ2) is 11.1. The molecule has 0 aliphatic rings. The van der Waals surface area contributed by atoms with Crippen molar-refractivity contribution in [3.63, 3.8) is 0 Å². The van der Waals surface area contributed by atoms with Gasteiger partial charge in [-0.15, -0.1) is 21.5 Å². The van der Waals surface area contributed by atoms with Crippen LogP contribution in [0, 0.1) is 6.92 Å². The Morgan fingerprint density at radius 3 is 2.70 bits per heavy atom. The number of carbonyl (C=O) groups excluding carboxylic acids is 1. The van der Waals surface area contributed by atoms with Crippen molar-refractivity contribution in [1.29, 1.82) is 0 Å². The highest BCUT2D eigenvalue weighted by atomic mass is 35.5. The number of thioether (sulfide) groups is 1. The number of aryl methyl sites for hydroxylation is 1. The molecule has 2 aromatic heterocycles. The summed E-state index contributed by atoms with van der Waals surface area (Å²) < 4.78 is 8.68. The molecule has 37 heavy (non-hydrogen) atoms. The summed E-state index contributed by atoms with van der Waals surface area (Å²) in [5.41, 5.74) is 3.94. The van der Waals surface area contributed by atoms with Crippen molar-refractivity contribution < 1.29 is 9.53 Å². The van der Waals surface area contributed by atoms with Gasteiger partial charge in [0, 0.05) is 29.4 Å². The minimum absolute atomic E-state index is 0.139. The highest BCUT2D eigenvalue weighted by molar-refractivity contribution is 7.99. The number of nitrogens with one attached hydrogen (secondary N) is 1. The molecule has 3 aromatic carbocycles. The Hall–Kier alpha value is -3.11. The van der Waals surface area contributed by atoms with Crippen LogP contribution in [0.15, 0.2) is 65.8 Å². The van der Waals surface area contributed by atoms with Crippen LogP contribution in [0.1, 0.15) is 11.4 Å². The molecule has 0 unspecified atom stereocenters. The molecule has 0 saturated carbocycles. The summed E-state index contributed by atoms with van der Waals surface area (Å²) in [7, 11) is 1.82. The molecular weight excluding hydrogens is 549 g/mol. The lowest BCUT2D eigenvalue weighted by atomic mass is 10.2. The van der Waals surface area contributed by atoms with Crippen molar-refractivity contribution in [2.24, 2.45) is 7.05 Å². The summed E-state index contributed by atoms with van der Waals surface area (Å²) in [6.45, 7) is 2.24. The lowest BCUT2D eigenvalue weighted by Gasteiger charge is -2.08. The summed E-state index contributed by atoms with van der Waals surface area (Å²) in [4.78, 5) is 17.3. The second-order valence-electron chi connectivity index (χ2n) is 8.23. The third-order valence-electron chi connectivity index (χ3n) is 5.47. The summed E-state index contributed by atoms with van der Waals surface area (Å²) in [5, 5.41) is 13.8. The first-order valence-corrected chi connectivity index (χ1v) is 13.8. The summed E-state index contributed by atoms with van der Waals surface area (Å²) >= 11 is 15.1. The topological polar surface area (TPSA) is 81.9 Å². The van der Waals surface area contributed by atoms with Crippen LogP contribution in [-0.4, -0.2) is 31.4 Å². The maximum absolute atomic E-state index is 12.5. The Kier molecular flexibility index (Phi) is 7.66. The molecule has 0 aliphatic carbocycles. The summed E-state index contributed by atoms with van der Waals surface area (Å²) in [6, 6.07) is 19.0. The highest BCUT2D eigenvalue weighted by Gasteiger charge is 2.14. The van der Waals surface area contributed by atoms with Gasteiger partial charge in [0.2, 0.25) is 5.91 Å². The highest BCUT2D eigenvalue weighted by Crippen LogP contribution is 2.31. The molecule has 0 aliphatic heterocycles. The maximum Gasteiger partial charge on any atom is 0.234 e. The van der Waals surface area contributed by atoms with Crippen LogP contribution in [0.25, 0.3) is 20.8 Å². The number of thiazole rings is 1.